The van der Waals surface area contributed by atoms with Crippen LogP contribution in [0, 0.1) is 5.92 Å². The van der Waals surface area contributed by atoms with Crippen molar-refractivity contribution in [2.75, 3.05) is 24.7 Å². The van der Waals surface area contributed by atoms with Gasteiger partial charge in [0, 0.05) is 12.2 Å². The van der Waals surface area contributed by atoms with E-state index in [1.807, 2.05) is 0 Å². The van der Waals surface area contributed by atoms with Crippen molar-refractivity contribution in [2.24, 2.45) is 5.92 Å². The van der Waals surface area contributed by atoms with Gasteiger partial charge in [-0.25, -0.2) is 4.79 Å². The van der Waals surface area contributed by atoms with Crippen LogP contribution < -0.4 is 11.1 Å². The summed E-state index contributed by atoms with van der Waals surface area (Å²) in [7, 11) is 1.34. The Morgan fingerprint density at radius 1 is 1.56 bits per heavy atom. The molecule has 0 unspecified atom stereocenters. The van der Waals surface area contributed by atoms with E-state index in [0.29, 0.717) is 27.9 Å². The van der Waals surface area contributed by atoms with Gasteiger partial charge >= 0.3 is 5.97 Å². The maximum Gasteiger partial charge on any atom is 0.340 e. The van der Waals surface area contributed by atoms with Crippen molar-refractivity contribution in [1.82, 2.24) is 0 Å². The third kappa shape index (κ3) is 2.70. The number of methoxy groups -OCH3 is 1. The van der Waals surface area contributed by atoms with Crippen LogP contribution in [0.15, 0.2) is 12.1 Å². The van der Waals surface area contributed by atoms with Crippen molar-refractivity contribution in [3.05, 3.63) is 22.7 Å². The first-order valence-corrected chi connectivity index (χ1v) is 6.41. The second-order valence-electron chi connectivity index (χ2n) is 4.59. The lowest BCUT2D eigenvalue weighted by Gasteiger charge is -2.26. The van der Waals surface area contributed by atoms with Gasteiger partial charge in [-0.15, -0.1) is 0 Å². The fourth-order valence-corrected chi connectivity index (χ4v) is 2.32. The molecule has 2 rings (SSSR count). The lowest BCUT2D eigenvalue weighted by atomic mass is 9.85. The van der Waals surface area contributed by atoms with Gasteiger partial charge in [0.25, 0.3) is 0 Å². The van der Waals surface area contributed by atoms with Crippen molar-refractivity contribution in [3.63, 3.8) is 0 Å². The maximum absolute atomic E-state index is 11.7. The van der Waals surface area contributed by atoms with E-state index in [-0.39, 0.29) is 0 Å². The van der Waals surface area contributed by atoms with Crippen molar-refractivity contribution < 1.29 is 9.53 Å². The van der Waals surface area contributed by atoms with Crippen LogP contribution in [-0.2, 0) is 4.74 Å². The highest BCUT2D eigenvalue weighted by Gasteiger charge is 2.20. The van der Waals surface area contributed by atoms with Crippen LogP contribution in [0.5, 0.6) is 0 Å². The standard InChI is InChI=1S/C13H17ClN2O2/c1-18-13(17)10-5-9(15)6-11(14)12(10)16-7-8-3-2-4-8/h5-6,8,16H,2-4,7,15H2,1H3. The van der Waals surface area contributed by atoms with E-state index in [9.17, 15) is 4.79 Å². The molecule has 18 heavy (non-hydrogen) atoms. The third-order valence-electron chi connectivity index (χ3n) is 3.31. The fraction of sp³-hybridized carbons (Fsp3) is 0.462. The number of carbonyl (C=O) groups excluding carboxylic acids is 1. The Bertz CT molecular complexity index is 459. The molecule has 0 amide bonds. The Hall–Kier alpha value is -1.42. The minimum atomic E-state index is -0.430. The molecule has 5 heteroatoms. The van der Waals surface area contributed by atoms with Gasteiger partial charge in [0.15, 0.2) is 0 Å². The Balaban J connectivity index is 2.21. The second-order valence-corrected chi connectivity index (χ2v) is 5.00. The largest absolute Gasteiger partial charge is 0.465 e. The smallest absolute Gasteiger partial charge is 0.340 e. The number of halogens is 1. The average molecular weight is 269 g/mol. The lowest BCUT2D eigenvalue weighted by Crippen LogP contribution is -2.22. The third-order valence-corrected chi connectivity index (χ3v) is 3.61. The van der Waals surface area contributed by atoms with Gasteiger partial charge in [0.1, 0.15) is 0 Å². The zero-order valence-electron chi connectivity index (χ0n) is 10.3. The number of anilines is 2. The molecular formula is C13H17ClN2O2. The van der Waals surface area contributed by atoms with E-state index in [2.05, 4.69) is 5.32 Å². The molecule has 1 aliphatic carbocycles. The predicted octanol–water partition coefficient (Wildman–Crippen LogP) is 2.92. The van der Waals surface area contributed by atoms with Crippen LogP contribution in [0.3, 0.4) is 0 Å². The number of nitrogen functional groups attached to an aromatic ring is 1. The zero-order chi connectivity index (χ0) is 13.1. The summed E-state index contributed by atoms with van der Waals surface area (Å²) in [5, 5.41) is 3.69. The van der Waals surface area contributed by atoms with E-state index < -0.39 is 5.97 Å². The van der Waals surface area contributed by atoms with Gasteiger partial charge in [-0.05, 0) is 30.9 Å². The van der Waals surface area contributed by atoms with Crippen molar-refractivity contribution in [2.45, 2.75) is 19.3 Å². The van der Waals surface area contributed by atoms with Crippen molar-refractivity contribution in [3.8, 4) is 0 Å². The molecule has 0 aliphatic heterocycles. The molecule has 0 bridgehead atoms. The monoisotopic (exact) mass is 268 g/mol. The molecule has 0 heterocycles. The highest BCUT2D eigenvalue weighted by molar-refractivity contribution is 6.34. The van der Waals surface area contributed by atoms with Gasteiger partial charge < -0.3 is 15.8 Å². The highest BCUT2D eigenvalue weighted by Crippen LogP contribution is 2.32. The summed E-state index contributed by atoms with van der Waals surface area (Å²) in [4.78, 5) is 11.7. The highest BCUT2D eigenvalue weighted by atomic mass is 35.5. The maximum atomic E-state index is 11.7. The van der Waals surface area contributed by atoms with Crippen LogP contribution in [0.2, 0.25) is 5.02 Å². The van der Waals surface area contributed by atoms with Gasteiger partial charge in [-0.2, -0.15) is 0 Å². The number of ether oxygens (including phenoxy) is 1. The van der Waals surface area contributed by atoms with Crippen LogP contribution >= 0.6 is 11.6 Å². The molecule has 1 aromatic carbocycles. The fourth-order valence-electron chi connectivity index (χ4n) is 2.02. The Kier molecular flexibility index (Phi) is 3.97. The minimum absolute atomic E-state index is 0.391. The number of esters is 1. The van der Waals surface area contributed by atoms with E-state index >= 15 is 0 Å². The SMILES string of the molecule is COC(=O)c1cc(N)cc(Cl)c1NCC1CCC1. The predicted molar refractivity (Wildman–Crippen MR) is 73.0 cm³/mol. The molecule has 0 aromatic heterocycles. The molecule has 1 aliphatic rings. The molecule has 0 radical (unpaired) electrons. The molecule has 0 spiro atoms. The van der Waals surface area contributed by atoms with Gasteiger partial charge in [-0.3, -0.25) is 0 Å². The molecule has 0 atom stereocenters. The number of rotatable bonds is 4. The van der Waals surface area contributed by atoms with Crippen molar-refractivity contribution in [1.29, 1.82) is 0 Å². The van der Waals surface area contributed by atoms with Gasteiger partial charge in [-0.1, -0.05) is 18.0 Å². The normalized spacial score (nSPS) is 15.0. The van der Waals surface area contributed by atoms with Crippen LogP contribution in [0.25, 0.3) is 0 Å². The Morgan fingerprint density at radius 2 is 2.28 bits per heavy atom. The number of hydrogen-bond acceptors (Lipinski definition) is 4. The summed E-state index contributed by atoms with van der Waals surface area (Å²) in [6, 6.07) is 3.22. The van der Waals surface area contributed by atoms with Crippen molar-refractivity contribution >= 4 is 28.9 Å². The number of hydrogen-bond donors (Lipinski definition) is 2. The first-order valence-electron chi connectivity index (χ1n) is 6.03. The average Bonchev–Trinajstić information content (AvgIpc) is 2.28. The van der Waals surface area contributed by atoms with E-state index in [4.69, 9.17) is 22.1 Å². The van der Waals surface area contributed by atoms with E-state index in [1.165, 1.54) is 26.4 Å². The molecule has 1 fully saturated rings. The van der Waals surface area contributed by atoms with Gasteiger partial charge in [0.05, 0.1) is 23.4 Å². The Labute approximate surface area is 111 Å². The molecule has 1 aromatic rings. The molecule has 4 nitrogen and oxygen atoms in total. The first kappa shape index (κ1) is 13.0. The molecule has 0 saturated heterocycles. The number of benzene rings is 1. The summed E-state index contributed by atoms with van der Waals surface area (Å²) in [5.41, 5.74) is 7.15. The van der Waals surface area contributed by atoms with E-state index in [0.717, 1.165) is 6.54 Å². The Morgan fingerprint density at radius 3 is 2.83 bits per heavy atom. The molecule has 3 N–H and O–H groups in total. The first-order chi connectivity index (χ1) is 8.61. The molecular weight excluding hydrogens is 252 g/mol. The summed E-state index contributed by atoms with van der Waals surface area (Å²) in [6.45, 7) is 0.827. The van der Waals surface area contributed by atoms with Crippen LogP contribution in [-0.4, -0.2) is 19.6 Å². The second kappa shape index (κ2) is 5.48. The summed E-state index contributed by atoms with van der Waals surface area (Å²) in [6.07, 6.45) is 3.74. The summed E-state index contributed by atoms with van der Waals surface area (Å²) >= 11 is 6.13. The summed E-state index contributed by atoms with van der Waals surface area (Å²) in [5.74, 6) is 0.240. The van der Waals surface area contributed by atoms with E-state index in [1.54, 1.807) is 12.1 Å². The minimum Gasteiger partial charge on any atom is -0.465 e. The quantitative estimate of drug-likeness (QED) is 0.651. The zero-order valence-corrected chi connectivity index (χ0v) is 11.1. The molecule has 1 saturated carbocycles. The number of nitrogens with two attached hydrogens (primary N) is 1. The van der Waals surface area contributed by atoms with Crippen LogP contribution in [0.1, 0.15) is 29.6 Å². The summed E-state index contributed by atoms with van der Waals surface area (Å²) < 4.78 is 4.74. The number of nitrogens with one attached hydrogen (secondary N) is 1. The topological polar surface area (TPSA) is 64.3 Å². The lowest BCUT2D eigenvalue weighted by molar-refractivity contribution is 0.0602. The number of carbonyl (C=O) groups is 1. The molecule has 98 valence electrons. The van der Waals surface area contributed by atoms with Gasteiger partial charge in [0.2, 0.25) is 0 Å². The van der Waals surface area contributed by atoms with Crippen LogP contribution in [0.4, 0.5) is 11.4 Å².